The van der Waals surface area contributed by atoms with Gasteiger partial charge in [0.1, 0.15) is 0 Å². The van der Waals surface area contributed by atoms with Crippen LogP contribution in [0.4, 0.5) is 0 Å². The first-order valence-electron chi connectivity index (χ1n) is 4.72. The van der Waals surface area contributed by atoms with Crippen LogP contribution in [0.5, 0.6) is 0 Å². The van der Waals surface area contributed by atoms with Gasteiger partial charge in [-0.15, -0.1) is 0 Å². The molecule has 0 rings (SSSR count). The maximum absolute atomic E-state index is 8.48. The third-order valence-electron chi connectivity index (χ3n) is 1.44. The van der Waals surface area contributed by atoms with E-state index in [9.17, 15) is 0 Å². The zero-order chi connectivity index (χ0) is 12.1. The van der Waals surface area contributed by atoms with Crippen LogP contribution < -0.4 is 0 Å². The highest BCUT2D eigenvalue weighted by atomic mass is 16.3. The average Bonchev–Trinajstić information content (AvgIpc) is 2.20. The molecule has 15 heavy (non-hydrogen) atoms. The number of allylic oxidation sites excluding steroid dienone is 1. The Morgan fingerprint density at radius 2 is 1.40 bits per heavy atom. The summed E-state index contributed by atoms with van der Waals surface area (Å²) in [4.78, 5) is 1.79. The molecule has 5 heteroatoms. The van der Waals surface area contributed by atoms with Crippen LogP contribution in [0, 0.1) is 11.3 Å². The molecule has 0 spiro atoms. The molecule has 0 aromatic heterocycles. The highest BCUT2D eigenvalue weighted by molar-refractivity contribution is 5.11. The monoisotopic (exact) mass is 216 g/mol. The van der Waals surface area contributed by atoms with E-state index in [0.717, 1.165) is 0 Å². The van der Waals surface area contributed by atoms with Gasteiger partial charge in [-0.3, -0.25) is 4.90 Å². The van der Waals surface area contributed by atoms with Crippen molar-refractivity contribution >= 4 is 0 Å². The third-order valence-corrected chi connectivity index (χ3v) is 1.44. The van der Waals surface area contributed by atoms with Gasteiger partial charge in [-0.25, -0.2) is 0 Å². The molecule has 0 fully saturated rings. The fourth-order valence-corrected chi connectivity index (χ4v) is 0.760. The minimum absolute atomic E-state index is 0.0694. The van der Waals surface area contributed by atoms with Gasteiger partial charge in [0.05, 0.1) is 25.9 Å². The Balaban J connectivity index is 0. The van der Waals surface area contributed by atoms with Gasteiger partial charge in [0.15, 0.2) is 0 Å². The summed E-state index contributed by atoms with van der Waals surface area (Å²) in [5.41, 5.74) is 0.560. The van der Waals surface area contributed by atoms with E-state index in [1.807, 2.05) is 6.07 Å². The number of aliphatic hydroxyl groups excluding tert-OH is 3. The van der Waals surface area contributed by atoms with Crippen molar-refractivity contribution in [1.82, 2.24) is 4.90 Å². The molecule has 0 amide bonds. The highest BCUT2D eigenvalue weighted by Crippen LogP contribution is 1.84. The van der Waals surface area contributed by atoms with Crippen LogP contribution in [0.3, 0.4) is 0 Å². The summed E-state index contributed by atoms with van der Waals surface area (Å²) in [7, 11) is 0. The van der Waals surface area contributed by atoms with Crippen molar-refractivity contribution < 1.29 is 15.3 Å². The lowest BCUT2D eigenvalue weighted by molar-refractivity contribution is 0.136. The summed E-state index contributed by atoms with van der Waals surface area (Å²) in [5.74, 6) is 0. The molecule has 5 nitrogen and oxygen atoms in total. The maximum Gasteiger partial charge on any atom is 0.0937 e. The molecule has 0 unspecified atom stereocenters. The van der Waals surface area contributed by atoms with Gasteiger partial charge in [-0.1, -0.05) is 6.58 Å². The largest absolute Gasteiger partial charge is 0.395 e. The van der Waals surface area contributed by atoms with Gasteiger partial charge in [-0.2, -0.15) is 5.26 Å². The van der Waals surface area contributed by atoms with Gasteiger partial charge in [-0.05, 0) is 6.92 Å². The third kappa shape index (κ3) is 15.8. The van der Waals surface area contributed by atoms with Crippen LogP contribution >= 0.6 is 0 Å². The lowest BCUT2D eigenvalue weighted by Gasteiger charge is -2.17. The minimum atomic E-state index is 0.0694. The molecule has 88 valence electrons. The van der Waals surface area contributed by atoms with Crippen LogP contribution in [0.2, 0.25) is 0 Å². The fraction of sp³-hybridized carbons (Fsp3) is 0.700. The van der Waals surface area contributed by atoms with E-state index in [4.69, 9.17) is 20.6 Å². The van der Waals surface area contributed by atoms with Gasteiger partial charge in [0.25, 0.3) is 0 Å². The molecule has 0 saturated heterocycles. The Morgan fingerprint density at radius 1 is 1.13 bits per heavy atom. The standard InChI is InChI=1S/C6H15NO3.C4H5N/c8-4-1-7(2-5-9)3-6-10;1-4(2)3-5/h8-10H,1-6H2;1H2,2H3. The second kappa shape index (κ2) is 13.1. The molecule has 0 aliphatic heterocycles. The van der Waals surface area contributed by atoms with Crippen molar-refractivity contribution in [1.29, 1.82) is 5.26 Å². The second-order valence-corrected chi connectivity index (χ2v) is 2.90. The van der Waals surface area contributed by atoms with Crippen molar-refractivity contribution in [2.45, 2.75) is 6.92 Å². The molecule has 0 heterocycles. The van der Waals surface area contributed by atoms with Crippen molar-refractivity contribution in [3.8, 4) is 6.07 Å². The summed E-state index contributed by atoms with van der Waals surface area (Å²) < 4.78 is 0. The van der Waals surface area contributed by atoms with Crippen LogP contribution in [0.15, 0.2) is 12.2 Å². The normalized spacial score (nSPS) is 9.07. The maximum atomic E-state index is 8.48. The zero-order valence-corrected chi connectivity index (χ0v) is 9.19. The summed E-state index contributed by atoms with van der Waals surface area (Å²) in [6, 6.07) is 1.83. The molecule has 0 atom stereocenters. The molecule has 0 bridgehead atoms. The Bertz CT molecular complexity index is 175. The highest BCUT2D eigenvalue weighted by Gasteiger charge is 2.00. The van der Waals surface area contributed by atoms with Gasteiger partial charge in [0, 0.05) is 25.2 Å². The fourth-order valence-electron chi connectivity index (χ4n) is 0.760. The Hall–Kier alpha value is -0.930. The smallest absolute Gasteiger partial charge is 0.0937 e. The quantitative estimate of drug-likeness (QED) is 0.514. The van der Waals surface area contributed by atoms with E-state index in [0.29, 0.717) is 25.2 Å². The lowest BCUT2D eigenvalue weighted by Crippen LogP contribution is -2.32. The molecule has 0 saturated carbocycles. The predicted octanol–water partition coefficient (Wildman–Crippen LogP) is -0.649. The predicted molar refractivity (Wildman–Crippen MR) is 58.1 cm³/mol. The lowest BCUT2D eigenvalue weighted by atomic mass is 10.4. The topological polar surface area (TPSA) is 87.7 Å². The number of nitrogens with zero attached hydrogens (tertiary/aromatic N) is 2. The first kappa shape index (κ1) is 16.5. The van der Waals surface area contributed by atoms with E-state index in [1.165, 1.54) is 0 Å². The first-order chi connectivity index (χ1) is 7.12. The van der Waals surface area contributed by atoms with Crippen molar-refractivity contribution in [2.75, 3.05) is 39.5 Å². The number of hydrogen-bond donors (Lipinski definition) is 3. The number of aliphatic hydroxyl groups is 3. The van der Waals surface area contributed by atoms with E-state index in [-0.39, 0.29) is 19.8 Å². The van der Waals surface area contributed by atoms with E-state index in [2.05, 4.69) is 6.58 Å². The molecule has 0 aromatic rings. The molecular formula is C10H20N2O3. The number of rotatable bonds is 6. The van der Waals surface area contributed by atoms with E-state index in [1.54, 1.807) is 11.8 Å². The van der Waals surface area contributed by atoms with Crippen molar-refractivity contribution in [2.24, 2.45) is 0 Å². The van der Waals surface area contributed by atoms with Gasteiger partial charge < -0.3 is 15.3 Å². The second-order valence-electron chi connectivity index (χ2n) is 2.90. The zero-order valence-electron chi connectivity index (χ0n) is 9.19. The molecule has 0 aliphatic carbocycles. The van der Waals surface area contributed by atoms with Crippen molar-refractivity contribution in [3.63, 3.8) is 0 Å². The summed E-state index contributed by atoms with van der Waals surface area (Å²) in [5, 5.41) is 33.2. The first-order valence-corrected chi connectivity index (χ1v) is 4.72. The number of hydrogen-bond acceptors (Lipinski definition) is 5. The Kier molecular flexibility index (Phi) is 14.4. The Labute approximate surface area is 90.9 Å². The molecule has 0 radical (unpaired) electrons. The Morgan fingerprint density at radius 3 is 1.53 bits per heavy atom. The van der Waals surface area contributed by atoms with Crippen LogP contribution in [0.1, 0.15) is 6.92 Å². The minimum Gasteiger partial charge on any atom is -0.395 e. The van der Waals surface area contributed by atoms with Crippen LogP contribution in [-0.4, -0.2) is 59.7 Å². The van der Waals surface area contributed by atoms with Gasteiger partial charge in [0.2, 0.25) is 0 Å². The number of nitriles is 1. The van der Waals surface area contributed by atoms with E-state index < -0.39 is 0 Å². The average molecular weight is 216 g/mol. The summed E-state index contributed by atoms with van der Waals surface area (Å²) in [6.07, 6.45) is 0. The van der Waals surface area contributed by atoms with Gasteiger partial charge >= 0.3 is 0 Å². The molecule has 0 aliphatic rings. The van der Waals surface area contributed by atoms with Crippen LogP contribution in [0.25, 0.3) is 0 Å². The van der Waals surface area contributed by atoms with Crippen LogP contribution in [-0.2, 0) is 0 Å². The summed E-state index contributed by atoms with van der Waals surface area (Å²) in [6.45, 7) is 6.73. The van der Waals surface area contributed by atoms with E-state index >= 15 is 0 Å². The molecule has 0 aromatic carbocycles. The molecular weight excluding hydrogens is 196 g/mol. The van der Waals surface area contributed by atoms with Crippen molar-refractivity contribution in [3.05, 3.63) is 12.2 Å². The SMILES string of the molecule is C=C(C)C#N.OCCN(CCO)CCO. The summed E-state index contributed by atoms with van der Waals surface area (Å²) >= 11 is 0. The molecule has 3 N–H and O–H groups in total.